The van der Waals surface area contributed by atoms with Crippen LogP contribution in [-0.4, -0.2) is 0 Å². The van der Waals surface area contributed by atoms with E-state index in [1.165, 1.54) is 33.0 Å². The van der Waals surface area contributed by atoms with Crippen molar-refractivity contribution in [3.05, 3.63) is 212 Å². The molecule has 1 atom stereocenters. The molecule has 0 saturated heterocycles. The highest BCUT2D eigenvalue weighted by molar-refractivity contribution is 6.13. The lowest BCUT2D eigenvalue weighted by atomic mass is 9.96. The van der Waals surface area contributed by atoms with Crippen LogP contribution in [0.3, 0.4) is 0 Å². The fourth-order valence-corrected chi connectivity index (χ4v) is 7.71. The van der Waals surface area contributed by atoms with Gasteiger partial charge >= 0.3 is 0 Å². The normalized spacial score (nSPS) is 13.3. The fourth-order valence-electron chi connectivity index (χ4n) is 7.71. The molecule has 0 amide bonds. The molecular formula is C51H36N2O. The lowest BCUT2D eigenvalue weighted by Crippen LogP contribution is -2.09. The van der Waals surface area contributed by atoms with Crippen LogP contribution in [0.15, 0.2) is 206 Å². The van der Waals surface area contributed by atoms with Crippen LogP contribution in [0.1, 0.15) is 11.8 Å². The van der Waals surface area contributed by atoms with Crippen molar-refractivity contribution in [1.82, 2.24) is 0 Å². The zero-order valence-corrected chi connectivity index (χ0v) is 29.6. The molecule has 1 aliphatic heterocycles. The van der Waals surface area contributed by atoms with Crippen molar-refractivity contribution in [3.63, 3.8) is 0 Å². The number of hydrogen-bond acceptors (Lipinski definition) is 3. The Morgan fingerprint density at radius 1 is 0.389 bits per heavy atom. The summed E-state index contributed by atoms with van der Waals surface area (Å²) in [5.41, 5.74) is 12.5. The summed E-state index contributed by atoms with van der Waals surface area (Å²) in [4.78, 5) is 2.33. The van der Waals surface area contributed by atoms with Gasteiger partial charge in [0.2, 0.25) is 0 Å². The van der Waals surface area contributed by atoms with Crippen LogP contribution in [0, 0.1) is 0 Å². The molecule has 3 heteroatoms. The Balaban J connectivity index is 1.02. The van der Waals surface area contributed by atoms with E-state index in [1.54, 1.807) is 0 Å². The van der Waals surface area contributed by atoms with Crippen molar-refractivity contribution in [2.75, 3.05) is 10.2 Å². The molecule has 1 aliphatic rings. The fraction of sp³-hybridized carbons (Fsp3) is 0.0196. The largest absolute Gasteiger partial charge is 0.464 e. The molecule has 54 heavy (non-hydrogen) atoms. The van der Waals surface area contributed by atoms with Crippen molar-refractivity contribution in [1.29, 1.82) is 0 Å². The van der Waals surface area contributed by atoms with Crippen LogP contribution >= 0.6 is 0 Å². The molecule has 0 fully saturated rings. The maximum atomic E-state index is 6.63. The number of nitrogens with one attached hydrogen (secondary N) is 1. The molecule has 3 nitrogen and oxygen atoms in total. The number of hydrogen-bond donors (Lipinski definition) is 1. The monoisotopic (exact) mass is 692 g/mol. The summed E-state index contributed by atoms with van der Waals surface area (Å²) < 4.78 is 6.63. The van der Waals surface area contributed by atoms with Gasteiger partial charge < -0.3 is 15.0 Å². The molecule has 1 heterocycles. The molecular weight excluding hydrogens is 657 g/mol. The topological polar surface area (TPSA) is 24.5 Å². The number of fused-ring (bicyclic) bond motifs is 5. The van der Waals surface area contributed by atoms with Gasteiger partial charge in [-0.05, 0) is 98.1 Å². The minimum absolute atomic E-state index is 0.218. The third-order valence-electron chi connectivity index (χ3n) is 10.5. The van der Waals surface area contributed by atoms with Gasteiger partial charge in [-0.15, -0.1) is 0 Å². The smallest absolute Gasteiger partial charge is 0.196 e. The number of rotatable bonds is 7. The van der Waals surface area contributed by atoms with Crippen molar-refractivity contribution < 1.29 is 4.74 Å². The molecule has 0 bridgehead atoms. The Labute approximate surface area is 315 Å². The first-order chi connectivity index (χ1) is 26.7. The molecule has 9 aromatic rings. The number of benzene rings is 9. The first-order valence-corrected chi connectivity index (χ1v) is 18.4. The molecule has 9 aromatic carbocycles. The van der Waals surface area contributed by atoms with Crippen LogP contribution in [0.4, 0.5) is 22.7 Å². The summed E-state index contributed by atoms with van der Waals surface area (Å²) in [6, 6.07) is 73.5. The second-order valence-corrected chi connectivity index (χ2v) is 13.8. The average Bonchev–Trinajstić information content (AvgIpc) is 3.70. The highest BCUT2D eigenvalue weighted by Gasteiger charge is 2.26. The Hall–Kier alpha value is -7.10. The molecule has 0 aromatic heterocycles. The van der Waals surface area contributed by atoms with Gasteiger partial charge in [0.25, 0.3) is 0 Å². The highest BCUT2D eigenvalue weighted by Crippen LogP contribution is 2.46. The Morgan fingerprint density at radius 2 is 0.815 bits per heavy atom. The highest BCUT2D eigenvalue weighted by atomic mass is 16.5. The summed E-state index contributed by atoms with van der Waals surface area (Å²) in [7, 11) is 0. The minimum Gasteiger partial charge on any atom is -0.464 e. The average molecular weight is 693 g/mol. The van der Waals surface area contributed by atoms with Crippen LogP contribution in [0.2, 0.25) is 0 Å². The quantitative estimate of drug-likeness (QED) is 0.168. The van der Waals surface area contributed by atoms with Crippen LogP contribution in [0.25, 0.3) is 54.9 Å². The van der Waals surface area contributed by atoms with Gasteiger partial charge in [0.15, 0.2) is 12.0 Å². The lowest BCUT2D eigenvalue weighted by Gasteiger charge is -2.26. The number of nitrogens with zero attached hydrogens (tertiary/aromatic N) is 1. The van der Waals surface area contributed by atoms with E-state index in [1.807, 2.05) is 6.07 Å². The van der Waals surface area contributed by atoms with E-state index in [0.29, 0.717) is 0 Å². The van der Waals surface area contributed by atoms with Gasteiger partial charge in [0.1, 0.15) is 0 Å². The predicted octanol–water partition coefficient (Wildman–Crippen LogP) is 14.0. The van der Waals surface area contributed by atoms with E-state index in [-0.39, 0.29) is 6.23 Å². The van der Waals surface area contributed by atoms with Crippen LogP contribution < -0.4 is 15.0 Å². The van der Waals surface area contributed by atoms with E-state index in [4.69, 9.17) is 4.74 Å². The van der Waals surface area contributed by atoms with Gasteiger partial charge in [-0.3, -0.25) is 0 Å². The maximum Gasteiger partial charge on any atom is 0.196 e. The van der Waals surface area contributed by atoms with Gasteiger partial charge in [0, 0.05) is 28.0 Å². The number of ether oxygens (including phenoxy) is 1. The van der Waals surface area contributed by atoms with Gasteiger partial charge in [-0.1, -0.05) is 158 Å². The van der Waals surface area contributed by atoms with E-state index < -0.39 is 0 Å². The summed E-state index contributed by atoms with van der Waals surface area (Å²) in [6.07, 6.45) is -0.218. The van der Waals surface area contributed by atoms with Crippen LogP contribution in [-0.2, 0) is 0 Å². The predicted molar refractivity (Wildman–Crippen MR) is 226 cm³/mol. The number of anilines is 4. The molecule has 1 unspecified atom stereocenters. The minimum atomic E-state index is -0.218. The summed E-state index contributed by atoms with van der Waals surface area (Å²) in [6.45, 7) is 0. The van der Waals surface area contributed by atoms with E-state index >= 15 is 0 Å². The molecule has 10 rings (SSSR count). The maximum absolute atomic E-state index is 6.63. The third-order valence-corrected chi connectivity index (χ3v) is 10.5. The molecule has 0 saturated carbocycles. The van der Waals surface area contributed by atoms with E-state index in [0.717, 1.165) is 56.0 Å². The van der Waals surface area contributed by atoms with E-state index in [9.17, 15) is 0 Å². The third kappa shape index (κ3) is 5.82. The van der Waals surface area contributed by atoms with Gasteiger partial charge in [-0.2, -0.15) is 0 Å². The Kier molecular flexibility index (Phi) is 7.88. The zero-order chi connectivity index (χ0) is 35.8. The van der Waals surface area contributed by atoms with Gasteiger partial charge in [0.05, 0.1) is 5.69 Å². The van der Waals surface area contributed by atoms with Crippen molar-refractivity contribution >= 4 is 44.3 Å². The molecule has 256 valence electrons. The van der Waals surface area contributed by atoms with E-state index in [2.05, 4.69) is 210 Å². The SMILES string of the molecule is c1ccc(-c2ccc(N(c3ccc(-c4ccccc4)cc3)c3ccc(-c4ccc5ccc6ccc7c(c6c5c4)OC(c4ccccc4)N7)cc3)cc2)cc1. The standard InChI is InChI=1S/C51H36N2O/c1-4-10-35(11-5-1)37-20-27-44(28-21-37)53(45-29-22-38(23-30-45)36-12-6-2-7-13-36)46-31-24-39(25-32-46)43-19-17-40-16-18-41-26-33-48-50(49(41)47(40)34-43)54-51(52-48)42-14-8-3-9-15-42/h1-34,51-52H. The second kappa shape index (κ2) is 13.5. The first-order valence-electron chi connectivity index (χ1n) is 18.4. The molecule has 0 spiro atoms. The first kappa shape index (κ1) is 31.6. The second-order valence-electron chi connectivity index (χ2n) is 13.8. The molecule has 0 aliphatic carbocycles. The summed E-state index contributed by atoms with van der Waals surface area (Å²) in [5, 5.41) is 8.26. The Bertz CT molecular complexity index is 2640. The lowest BCUT2D eigenvalue weighted by molar-refractivity contribution is 0.263. The van der Waals surface area contributed by atoms with Crippen molar-refractivity contribution in [3.8, 4) is 39.1 Å². The van der Waals surface area contributed by atoms with Gasteiger partial charge in [-0.25, -0.2) is 0 Å². The Morgan fingerprint density at radius 3 is 1.37 bits per heavy atom. The molecule has 1 N–H and O–H groups in total. The zero-order valence-electron chi connectivity index (χ0n) is 29.6. The van der Waals surface area contributed by atoms with Crippen molar-refractivity contribution in [2.45, 2.75) is 6.23 Å². The summed E-state index contributed by atoms with van der Waals surface area (Å²) in [5.74, 6) is 0.909. The van der Waals surface area contributed by atoms with Crippen LogP contribution in [0.5, 0.6) is 5.75 Å². The van der Waals surface area contributed by atoms with Crippen molar-refractivity contribution in [2.24, 2.45) is 0 Å². The molecule has 0 radical (unpaired) electrons. The summed E-state index contributed by atoms with van der Waals surface area (Å²) >= 11 is 0.